The number of carbonyl (C=O) groups excluding carboxylic acids is 1. The summed E-state index contributed by atoms with van der Waals surface area (Å²) in [6.45, 7) is 6.10. The van der Waals surface area contributed by atoms with Crippen molar-refractivity contribution in [2.45, 2.75) is 39.7 Å². The predicted molar refractivity (Wildman–Crippen MR) is 93.9 cm³/mol. The first-order valence-corrected chi connectivity index (χ1v) is 8.01. The van der Waals surface area contributed by atoms with Crippen LogP contribution < -0.4 is 5.32 Å². The van der Waals surface area contributed by atoms with E-state index in [-0.39, 0.29) is 24.1 Å². The van der Waals surface area contributed by atoms with Gasteiger partial charge in [0.05, 0.1) is 17.4 Å². The minimum Gasteiger partial charge on any atom is -0.349 e. The normalized spacial score (nSPS) is 11.8. The number of rotatable bonds is 6. The second-order valence-electron chi connectivity index (χ2n) is 5.93. The smallest absolute Gasteiger partial charge is 0.273 e. The van der Waals surface area contributed by atoms with E-state index < -0.39 is 4.92 Å². The van der Waals surface area contributed by atoms with Crippen molar-refractivity contribution in [3.05, 3.63) is 74.8 Å². The zero-order chi connectivity index (χ0) is 17.7. The number of hydrogen-bond donors (Lipinski definition) is 1. The van der Waals surface area contributed by atoms with E-state index in [2.05, 4.69) is 11.4 Å². The van der Waals surface area contributed by atoms with Crippen LogP contribution in [-0.2, 0) is 11.2 Å². The lowest BCUT2D eigenvalue weighted by molar-refractivity contribution is -0.385. The van der Waals surface area contributed by atoms with Gasteiger partial charge in [0.1, 0.15) is 0 Å². The highest BCUT2D eigenvalue weighted by molar-refractivity contribution is 5.80. The highest BCUT2D eigenvalue weighted by Gasteiger charge is 2.18. The lowest BCUT2D eigenvalue weighted by Gasteiger charge is -2.18. The summed E-state index contributed by atoms with van der Waals surface area (Å²) in [6.07, 6.45) is 0.754. The van der Waals surface area contributed by atoms with E-state index in [9.17, 15) is 14.9 Å². The quantitative estimate of drug-likeness (QED) is 0.643. The van der Waals surface area contributed by atoms with Gasteiger partial charge in [0, 0.05) is 11.6 Å². The van der Waals surface area contributed by atoms with Crippen molar-refractivity contribution in [1.29, 1.82) is 0 Å². The highest BCUT2D eigenvalue weighted by atomic mass is 16.6. The summed E-state index contributed by atoms with van der Waals surface area (Å²) in [5.74, 6) is -0.214. The molecule has 0 aliphatic rings. The number of aryl methyl sites for hydroxylation is 2. The van der Waals surface area contributed by atoms with Gasteiger partial charge in [-0.1, -0.05) is 43.3 Å². The Morgan fingerprint density at radius 2 is 1.88 bits per heavy atom. The number of nitro groups is 1. The monoisotopic (exact) mass is 326 g/mol. The fourth-order valence-corrected chi connectivity index (χ4v) is 2.66. The first kappa shape index (κ1) is 17.7. The fraction of sp³-hybridized carbons (Fsp3) is 0.316. The lowest BCUT2D eigenvalue weighted by atomic mass is 9.99. The summed E-state index contributed by atoms with van der Waals surface area (Å²) in [6, 6.07) is 12.4. The Bertz CT molecular complexity index is 756. The second-order valence-corrected chi connectivity index (χ2v) is 5.93. The Kier molecular flexibility index (Phi) is 5.68. The highest BCUT2D eigenvalue weighted by Crippen LogP contribution is 2.21. The molecule has 5 nitrogen and oxygen atoms in total. The number of nitrogens with one attached hydrogen (secondary N) is 1. The average Bonchev–Trinajstić information content (AvgIpc) is 2.55. The van der Waals surface area contributed by atoms with Gasteiger partial charge in [-0.3, -0.25) is 14.9 Å². The van der Waals surface area contributed by atoms with Gasteiger partial charge in [-0.2, -0.15) is 0 Å². The van der Waals surface area contributed by atoms with Crippen LogP contribution in [0.15, 0.2) is 42.5 Å². The van der Waals surface area contributed by atoms with Crippen LogP contribution in [0.1, 0.15) is 41.6 Å². The molecular formula is C19H22N2O3. The third-order valence-electron chi connectivity index (χ3n) is 4.22. The number of nitrogens with zero attached hydrogens (tertiary/aromatic N) is 1. The van der Waals surface area contributed by atoms with Crippen LogP contribution in [-0.4, -0.2) is 10.8 Å². The SMILES string of the molecule is CC[C@@H](NC(=O)Cc1ccccc1[N+](=O)[O-])c1ccc(C)c(C)c1. The Hall–Kier alpha value is -2.69. The van der Waals surface area contributed by atoms with Gasteiger partial charge in [-0.15, -0.1) is 0 Å². The van der Waals surface area contributed by atoms with E-state index >= 15 is 0 Å². The molecule has 2 aromatic rings. The van der Waals surface area contributed by atoms with Crippen LogP contribution in [0.2, 0.25) is 0 Å². The van der Waals surface area contributed by atoms with Gasteiger partial charge < -0.3 is 5.32 Å². The number of amides is 1. The summed E-state index contributed by atoms with van der Waals surface area (Å²) >= 11 is 0. The molecule has 2 aromatic carbocycles. The van der Waals surface area contributed by atoms with E-state index in [0.717, 1.165) is 12.0 Å². The molecule has 1 atom stereocenters. The van der Waals surface area contributed by atoms with Crippen molar-refractivity contribution < 1.29 is 9.72 Å². The van der Waals surface area contributed by atoms with Crippen LogP contribution in [0, 0.1) is 24.0 Å². The minimum atomic E-state index is -0.455. The predicted octanol–water partition coefficient (Wildman–Crippen LogP) is 4.02. The molecule has 0 radical (unpaired) electrons. The lowest BCUT2D eigenvalue weighted by Crippen LogP contribution is -2.29. The van der Waals surface area contributed by atoms with Crippen molar-refractivity contribution in [3.8, 4) is 0 Å². The van der Waals surface area contributed by atoms with E-state index in [4.69, 9.17) is 0 Å². The molecule has 0 bridgehead atoms. The van der Waals surface area contributed by atoms with Crippen LogP contribution in [0.25, 0.3) is 0 Å². The Balaban J connectivity index is 2.13. The molecule has 1 N–H and O–H groups in total. The summed E-state index contributed by atoms with van der Waals surface area (Å²) in [5, 5.41) is 14.0. The third-order valence-corrected chi connectivity index (χ3v) is 4.22. The summed E-state index contributed by atoms with van der Waals surface area (Å²) in [4.78, 5) is 22.9. The largest absolute Gasteiger partial charge is 0.349 e. The minimum absolute atomic E-state index is 0.00149. The molecule has 0 aliphatic heterocycles. The standard InChI is InChI=1S/C19H22N2O3/c1-4-17(15-10-9-13(2)14(3)11-15)20-19(22)12-16-7-5-6-8-18(16)21(23)24/h5-11,17H,4,12H2,1-3H3,(H,20,22)/t17-/m1/s1. The van der Waals surface area contributed by atoms with Crippen molar-refractivity contribution >= 4 is 11.6 Å². The number of para-hydroxylation sites is 1. The zero-order valence-corrected chi connectivity index (χ0v) is 14.2. The molecule has 1 amide bonds. The Morgan fingerprint density at radius 1 is 1.17 bits per heavy atom. The molecule has 0 saturated heterocycles. The van der Waals surface area contributed by atoms with Gasteiger partial charge in [0.15, 0.2) is 0 Å². The molecule has 0 aliphatic carbocycles. The average molecular weight is 326 g/mol. The molecule has 0 aromatic heterocycles. The van der Waals surface area contributed by atoms with Crippen LogP contribution in [0.5, 0.6) is 0 Å². The maximum Gasteiger partial charge on any atom is 0.273 e. The molecule has 5 heteroatoms. The van der Waals surface area contributed by atoms with Gasteiger partial charge in [0.25, 0.3) is 5.69 Å². The fourth-order valence-electron chi connectivity index (χ4n) is 2.66. The molecular weight excluding hydrogens is 304 g/mol. The zero-order valence-electron chi connectivity index (χ0n) is 14.2. The van der Waals surface area contributed by atoms with E-state index in [1.807, 2.05) is 32.9 Å². The maximum absolute atomic E-state index is 12.3. The van der Waals surface area contributed by atoms with Gasteiger partial charge in [-0.05, 0) is 37.0 Å². The molecule has 0 fully saturated rings. The number of hydrogen-bond acceptors (Lipinski definition) is 3. The molecule has 126 valence electrons. The van der Waals surface area contributed by atoms with Crippen LogP contribution in [0.4, 0.5) is 5.69 Å². The first-order valence-electron chi connectivity index (χ1n) is 8.01. The van der Waals surface area contributed by atoms with E-state index in [1.165, 1.54) is 17.2 Å². The Labute approximate surface area is 141 Å². The van der Waals surface area contributed by atoms with Crippen molar-refractivity contribution in [1.82, 2.24) is 5.32 Å². The van der Waals surface area contributed by atoms with Crippen LogP contribution >= 0.6 is 0 Å². The summed E-state index contributed by atoms with van der Waals surface area (Å²) < 4.78 is 0. The maximum atomic E-state index is 12.3. The molecule has 0 spiro atoms. The van der Waals surface area contributed by atoms with E-state index in [0.29, 0.717) is 5.56 Å². The Morgan fingerprint density at radius 3 is 2.50 bits per heavy atom. The summed E-state index contributed by atoms with van der Waals surface area (Å²) in [7, 11) is 0. The molecule has 0 saturated carbocycles. The first-order chi connectivity index (χ1) is 11.4. The van der Waals surface area contributed by atoms with Gasteiger partial charge in [-0.25, -0.2) is 0 Å². The van der Waals surface area contributed by atoms with Crippen molar-refractivity contribution in [3.63, 3.8) is 0 Å². The topological polar surface area (TPSA) is 72.2 Å². The molecule has 0 unspecified atom stereocenters. The van der Waals surface area contributed by atoms with Gasteiger partial charge >= 0.3 is 0 Å². The number of nitro benzene ring substituents is 1. The molecule has 2 rings (SSSR count). The second kappa shape index (κ2) is 7.73. The van der Waals surface area contributed by atoms with Crippen molar-refractivity contribution in [2.75, 3.05) is 0 Å². The summed E-state index contributed by atoms with van der Waals surface area (Å²) in [5.41, 5.74) is 3.84. The van der Waals surface area contributed by atoms with E-state index in [1.54, 1.807) is 18.2 Å². The third kappa shape index (κ3) is 4.19. The number of benzene rings is 2. The van der Waals surface area contributed by atoms with Crippen molar-refractivity contribution in [2.24, 2.45) is 0 Å². The molecule has 24 heavy (non-hydrogen) atoms. The number of carbonyl (C=O) groups is 1. The van der Waals surface area contributed by atoms with Gasteiger partial charge in [0.2, 0.25) is 5.91 Å². The van der Waals surface area contributed by atoms with Crippen LogP contribution in [0.3, 0.4) is 0 Å². The molecule has 0 heterocycles.